The molecule has 2 aliphatic rings. The SMILES string of the molecule is CCCS(=O)(=O)N1CCCCC1C(=O)NC(C)c1ccc2c(c1)OCO2. The van der Waals surface area contributed by atoms with Crippen LogP contribution in [0, 0.1) is 0 Å². The van der Waals surface area contributed by atoms with Gasteiger partial charge in [-0.2, -0.15) is 4.31 Å². The zero-order valence-electron chi connectivity index (χ0n) is 15.2. The van der Waals surface area contributed by atoms with Crippen LogP contribution in [0.25, 0.3) is 0 Å². The molecular weight excluding hydrogens is 356 g/mol. The molecule has 1 amide bonds. The van der Waals surface area contributed by atoms with Crippen molar-refractivity contribution in [1.82, 2.24) is 9.62 Å². The Labute approximate surface area is 154 Å². The van der Waals surface area contributed by atoms with Crippen LogP contribution >= 0.6 is 0 Å². The molecule has 1 N–H and O–H groups in total. The number of nitrogens with one attached hydrogen (secondary N) is 1. The van der Waals surface area contributed by atoms with E-state index in [2.05, 4.69) is 5.32 Å². The summed E-state index contributed by atoms with van der Waals surface area (Å²) in [7, 11) is -3.40. The van der Waals surface area contributed by atoms with Gasteiger partial charge in [0.25, 0.3) is 0 Å². The molecule has 8 heteroatoms. The predicted octanol–water partition coefficient (Wildman–Crippen LogP) is 2.19. The number of ether oxygens (including phenoxy) is 2. The van der Waals surface area contributed by atoms with Crippen molar-refractivity contribution in [2.24, 2.45) is 0 Å². The third kappa shape index (κ3) is 3.96. The molecule has 1 aromatic rings. The lowest BCUT2D eigenvalue weighted by molar-refractivity contribution is -0.126. The average Bonchev–Trinajstić information content (AvgIpc) is 3.09. The van der Waals surface area contributed by atoms with Gasteiger partial charge in [0.15, 0.2) is 11.5 Å². The van der Waals surface area contributed by atoms with Crippen molar-refractivity contribution in [3.8, 4) is 11.5 Å². The average molecular weight is 382 g/mol. The highest BCUT2D eigenvalue weighted by atomic mass is 32.2. The van der Waals surface area contributed by atoms with Gasteiger partial charge in [0.05, 0.1) is 11.8 Å². The summed E-state index contributed by atoms with van der Waals surface area (Å²) in [6.45, 7) is 4.33. The van der Waals surface area contributed by atoms with Crippen molar-refractivity contribution in [3.63, 3.8) is 0 Å². The molecule has 2 unspecified atom stereocenters. The van der Waals surface area contributed by atoms with Crippen molar-refractivity contribution >= 4 is 15.9 Å². The topological polar surface area (TPSA) is 84.9 Å². The first-order valence-corrected chi connectivity index (χ1v) is 10.7. The first-order chi connectivity index (χ1) is 12.4. The van der Waals surface area contributed by atoms with Gasteiger partial charge in [0.2, 0.25) is 22.7 Å². The summed E-state index contributed by atoms with van der Waals surface area (Å²) in [5.74, 6) is 1.19. The Balaban J connectivity index is 1.71. The lowest BCUT2D eigenvalue weighted by Crippen LogP contribution is -2.52. The zero-order chi connectivity index (χ0) is 18.7. The van der Waals surface area contributed by atoms with E-state index >= 15 is 0 Å². The van der Waals surface area contributed by atoms with Crippen LogP contribution in [0.1, 0.15) is 51.1 Å². The molecule has 0 spiro atoms. The van der Waals surface area contributed by atoms with E-state index in [-0.39, 0.29) is 24.5 Å². The van der Waals surface area contributed by atoms with E-state index in [1.807, 2.05) is 32.0 Å². The van der Waals surface area contributed by atoms with E-state index in [1.54, 1.807) is 0 Å². The standard InChI is InChI=1S/C18H26N2O5S/c1-3-10-26(22,23)20-9-5-4-6-15(20)18(21)19-13(2)14-7-8-16-17(11-14)25-12-24-16/h7-8,11,13,15H,3-6,9-10,12H2,1-2H3,(H,19,21). The summed E-state index contributed by atoms with van der Waals surface area (Å²) in [5, 5.41) is 2.96. The van der Waals surface area contributed by atoms with Gasteiger partial charge in [0, 0.05) is 6.54 Å². The maximum Gasteiger partial charge on any atom is 0.238 e. The van der Waals surface area contributed by atoms with Gasteiger partial charge in [-0.3, -0.25) is 4.79 Å². The van der Waals surface area contributed by atoms with Crippen molar-refractivity contribution in [2.75, 3.05) is 19.1 Å². The van der Waals surface area contributed by atoms with Crippen molar-refractivity contribution in [1.29, 1.82) is 0 Å². The minimum Gasteiger partial charge on any atom is -0.454 e. The molecule has 0 aliphatic carbocycles. The Morgan fingerprint density at radius 1 is 1.31 bits per heavy atom. The molecule has 1 aromatic carbocycles. The van der Waals surface area contributed by atoms with Crippen molar-refractivity contribution in [3.05, 3.63) is 23.8 Å². The van der Waals surface area contributed by atoms with E-state index in [0.717, 1.165) is 18.4 Å². The van der Waals surface area contributed by atoms with E-state index in [9.17, 15) is 13.2 Å². The molecule has 144 valence electrons. The van der Waals surface area contributed by atoms with E-state index < -0.39 is 16.1 Å². The fourth-order valence-corrected chi connectivity index (χ4v) is 5.20. The maximum atomic E-state index is 12.8. The second-order valence-corrected chi connectivity index (χ2v) is 8.82. The lowest BCUT2D eigenvalue weighted by Gasteiger charge is -2.34. The van der Waals surface area contributed by atoms with E-state index in [1.165, 1.54) is 4.31 Å². The first-order valence-electron chi connectivity index (χ1n) is 9.12. The molecule has 0 bridgehead atoms. The Morgan fingerprint density at radius 2 is 2.08 bits per heavy atom. The van der Waals surface area contributed by atoms with Crippen LogP contribution in [-0.4, -0.2) is 43.8 Å². The van der Waals surface area contributed by atoms with Crippen molar-refractivity contribution in [2.45, 2.75) is 51.6 Å². The third-order valence-corrected chi connectivity index (χ3v) is 6.91. The number of rotatable bonds is 6. The van der Waals surface area contributed by atoms with Gasteiger partial charge in [-0.05, 0) is 43.9 Å². The number of hydrogen-bond acceptors (Lipinski definition) is 5. The molecule has 3 rings (SSSR count). The molecule has 1 fully saturated rings. The zero-order valence-corrected chi connectivity index (χ0v) is 16.0. The quantitative estimate of drug-likeness (QED) is 0.815. The van der Waals surface area contributed by atoms with Crippen LogP contribution in [0.2, 0.25) is 0 Å². The summed E-state index contributed by atoms with van der Waals surface area (Å²) in [4.78, 5) is 12.8. The van der Waals surface area contributed by atoms with Gasteiger partial charge >= 0.3 is 0 Å². The fourth-order valence-electron chi connectivity index (χ4n) is 3.45. The van der Waals surface area contributed by atoms with Gasteiger partial charge in [-0.1, -0.05) is 19.4 Å². The minimum absolute atomic E-state index is 0.0779. The maximum absolute atomic E-state index is 12.8. The Morgan fingerprint density at radius 3 is 2.85 bits per heavy atom. The normalized spacial score (nSPS) is 21.4. The molecule has 2 atom stereocenters. The van der Waals surface area contributed by atoms with Gasteiger partial charge < -0.3 is 14.8 Å². The second kappa shape index (κ2) is 7.84. The molecule has 7 nitrogen and oxygen atoms in total. The minimum atomic E-state index is -3.40. The van der Waals surface area contributed by atoms with Crippen LogP contribution in [0.5, 0.6) is 11.5 Å². The highest BCUT2D eigenvalue weighted by Gasteiger charge is 2.36. The van der Waals surface area contributed by atoms with Gasteiger partial charge in [-0.25, -0.2) is 8.42 Å². The van der Waals surface area contributed by atoms with Crippen LogP contribution in [0.15, 0.2) is 18.2 Å². The number of sulfonamides is 1. The number of hydrogen-bond donors (Lipinski definition) is 1. The van der Waals surface area contributed by atoms with E-state index in [4.69, 9.17) is 9.47 Å². The van der Waals surface area contributed by atoms with Crippen LogP contribution in [0.3, 0.4) is 0 Å². The van der Waals surface area contributed by atoms with Gasteiger partial charge in [-0.15, -0.1) is 0 Å². The third-order valence-electron chi connectivity index (χ3n) is 4.83. The number of carbonyl (C=O) groups excluding carboxylic acids is 1. The Bertz CT molecular complexity index is 765. The highest BCUT2D eigenvalue weighted by molar-refractivity contribution is 7.89. The Kier molecular flexibility index (Phi) is 5.72. The lowest BCUT2D eigenvalue weighted by atomic mass is 10.0. The number of piperidine rings is 1. The summed E-state index contributed by atoms with van der Waals surface area (Å²) >= 11 is 0. The molecule has 26 heavy (non-hydrogen) atoms. The summed E-state index contributed by atoms with van der Waals surface area (Å²) in [5.41, 5.74) is 0.890. The number of carbonyl (C=O) groups is 1. The molecule has 0 radical (unpaired) electrons. The second-order valence-electron chi connectivity index (χ2n) is 6.78. The summed E-state index contributed by atoms with van der Waals surface area (Å²) in [6.07, 6.45) is 2.75. The molecular formula is C18H26N2O5S. The molecule has 0 aromatic heterocycles. The molecule has 0 saturated carbocycles. The van der Waals surface area contributed by atoms with Crippen molar-refractivity contribution < 1.29 is 22.7 Å². The number of nitrogens with zero attached hydrogens (tertiary/aromatic N) is 1. The summed E-state index contributed by atoms with van der Waals surface area (Å²) in [6, 6.07) is 4.66. The number of amides is 1. The first kappa shape index (κ1) is 19.0. The van der Waals surface area contributed by atoms with Crippen LogP contribution in [0.4, 0.5) is 0 Å². The molecule has 2 heterocycles. The van der Waals surface area contributed by atoms with Crippen LogP contribution < -0.4 is 14.8 Å². The van der Waals surface area contributed by atoms with E-state index in [0.29, 0.717) is 30.9 Å². The highest BCUT2D eigenvalue weighted by Crippen LogP contribution is 2.34. The summed E-state index contributed by atoms with van der Waals surface area (Å²) < 4.78 is 37.1. The predicted molar refractivity (Wildman–Crippen MR) is 97.5 cm³/mol. The number of fused-ring (bicyclic) bond motifs is 1. The van der Waals surface area contributed by atoms with Gasteiger partial charge in [0.1, 0.15) is 6.04 Å². The molecule has 2 aliphatic heterocycles. The number of benzene rings is 1. The fraction of sp³-hybridized carbons (Fsp3) is 0.611. The smallest absolute Gasteiger partial charge is 0.238 e. The largest absolute Gasteiger partial charge is 0.454 e. The molecule has 1 saturated heterocycles. The Hall–Kier alpha value is -1.80. The van der Waals surface area contributed by atoms with Crippen LogP contribution in [-0.2, 0) is 14.8 Å². The monoisotopic (exact) mass is 382 g/mol.